The third kappa shape index (κ3) is 15.1. The molecule has 4 amide bonds. The Balaban J connectivity index is 0.756. The zero-order chi connectivity index (χ0) is 52.1. The van der Waals surface area contributed by atoms with Gasteiger partial charge in [-0.15, -0.1) is 21.5 Å². The summed E-state index contributed by atoms with van der Waals surface area (Å²) in [7, 11) is 0. The summed E-state index contributed by atoms with van der Waals surface area (Å²) in [5.41, 5.74) is 13.6. The number of piperazine rings is 1. The summed E-state index contributed by atoms with van der Waals surface area (Å²) in [5.74, 6) is -0.0136. The van der Waals surface area contributed by atoms with Crippen LogP contribution in [0.4, 0.5) is 5.82 Å². The van der Waals surface area contributed by atoms with Crippen LogP contribution in [0.1, 0.15) is 114 Å². The average molecular weight is 1020 g/mol. The van der Waals surface area contributed by atoms with E-state index in [1.807, 2.05) is 75.4 Å². The summed E-state index contributed by atoms with van der Waals surface area (Å²) in [4.78, 5) is 65.4. The van der Waals surface area contributed by atoms with Gasteiger partial charge in [-0.25, -0.2) is 4.98 Å². The van der Waals surface area contributed by atoms with E-state index in [4.69, 9.17) is 10.5 Å². The van der Waals surface area contributed by atoms with Crippen molar-refractivity contribution in [3.05, 3.63) is 107 Å². The van der Waals surface area contributed by atoms with Crippen molar-refractivity contribution in [2.45, 2.75) is 130 Å². The second-order valence-corrected chi connectivity index (χ2v) is 21.4. The smallest absolute Gasteiger partial charge is 0.246 e. The van der Waals surface area contributed by atoms with Crippen molar-refractivity contribution in [3.63, 3.8) is 0 Å². The summed E-state index contributed by atoms with van der Waals surface area (Å²) < 4.78 is 6.01. The molecule has 7 rings (SSSR count). The van der Waals surface area contributed by atoms with Gasteiger partial charge in [0, 0.05) is 76.6 Å². The highest BCUT2D eigenvalue weighted by Crippen LogP contribution is 2.32. The van der Waals surface area contributed by atoms with E-state index in [9.17, 15) is 29.4 Å². The monoisotopic (exact) mass is 1020 g/mol. The number of aryl methyl sites for hydroxylation is 1. The van der Waals surface area contributed by atoms with E-state index in [0.29, 0.717) is 56.0 Å². The van der Waals surface area contributed by atoms with Gasteiger partial charge in [0.15, 0.2) is 11.6 Å². The van der Waals surface area contributed by atoms with Crippen molar-refractivity contribution in [2.24, 2.45) is 5.41 Å². The number of aliphatic hydroxyl groups is 1. The van der Waals surface area contributed by atoms with Gasteiger partial charge in [-0.2, -0.15) is 0 Å². The summed E-state index contributed by atoms with van der Waals surface area (Å²) >= 11 is 1.58. The van der Waals surface area contributed by atoms with Gasteiger partial charge in [-0.05, 0) is 66.5 Å². The molecule has 2 aromatic heterocycles. The molecular formula is C56H73N9O7S. The number of para-hydroxylation sites is 1. The molecule has 390 valence electrons. The van der Waals surface area contributed by atoms with Crippen LogP contribution in [0.25, 0.3) is 21.7 Å². The largest absolute Gasteiger partial charge is 0.507 e. The normalized spacial score (nSPS) is 17.0. The minimum absolute atomic E-state index is 0.0186. The van der Waals surface area contributed by atoms with E-state index >= 15 is 0 Å². The fourth-order valence-electron chi connectivity index (χ4n) is 9.57. The minimum atomic E-state index is -0.872. The van der Waals surface area contributed by atoms with Crippen LogP contribution >= 0.6 is 11.3 Å². The van der Waals surface area contributed by atoms with Gasteiger partial charge < -0.3 is 41.1 Å². The SMILES string of the molecule is Cc1ncsc1-c1ccc(C(C)NC(=O)[C@@H]2C[C@@H](O)CN2C(=O)C(NC(=O)CCCCCCCCC(=O)N2CCN(Cc3cccc(CCOc4cc(-c5ccccc5O)nnc4N)c3)CC2)C(C)(C)C)cc1. The summed E-state index contributed by atoms with van der Waals surface area (Å²) in [6.45, 7) is 13.8. The van der Waals surface area contributed by atoms with Crippen molar-refractivity contribution in [2.75, 3.05) is 45.1 Å². The van der Waals surface area contributed by atoms with Crippen molar-refractivity contribution in [1.29, 1.82) is 0 Å². The zero-order valence-corrected chi connectivity index (χ0v) is 43.8. The lowest BCUT2D eigenvalue weighted by Crippen LogP contribution is -2.57. The quantitative estimate of drug-likeness (QED) is 0.0424. The van der Waals surface area contributed by atoms with E-state index in [-0.39, 0.29) is 60.6 Å². The molecule has 0 bridgehead atoms. The Kier molecular flexibility index (Phi) is 19.0. The lowest BCUT2D eigenvalue weighted by molar-refractivity contribution is -0.144. The Morgan fingerprint density at radius 1 is 0.863 bits per heavy atom. The minimum Gasteiger partial charge on any atom is -0.507 e. The van der Waals surface area contributed by atoms with Crippen LogP contribution in [0.5, 0.6) is 11.5 Å². The van der Waals surface area contributed by atoms with Crippen molar-refractivity contribution < 1.29 is 34.1 Å². The van der Waals surface area contributed by atoms with E-state index in [2.05, 4.69) is 55.0 Å². The Hall–Kier alpha value is -6.43. The Labute approximate surface area is 433 Å². The highest BCUT2D eigenvalue weighted by Gasteiger charge is 2.44. The van der Waals surface area contributed by atoms with Crippen molar-refractivity contribution in [3.8, 4) is 33.2 Å². The fraction of sp³-hybridized carbons (Fsp3) is 0.482. The first-order valence-electron chi connectivity index (χ1n) is 25.7. The van der Waals surface area contributed by atoms with Crippen molar-refractivity contribution in [1.82, 2.24) is 40.5 Å². The number of unbranched alkanes of at least 4 members (excludes halogenated alkanes) is 5. The number of rotatable bonds is 22. The molecule has 73 heavy (non-hydrogen) atoms. The number of nitrogen functional groups attached to an aromatic ring is 1. The number of phenols is 1. The molecule has 2 aliphatic heterocycles. The predicted octanol–water partition coefficient (Wildman–Crippen LogP) is 7.62. The number of amides is 4. The number of nitrogens with one attached hydrogen (secondary N) is 2. The average Bonchev–Trinajstić information content (AvgIpc) is 3.99. The number of hydrogen-bond acceptors (Lipinski definition) is 13. The van der Waals surface area contributed by atoms with Gasteiger partial charge in [-0.3, -0.25) is 24.1 Å². The lowest BCUT2D eigenvalue weighted by Gasteiger charge is -2.35. The maximum atomic E-state index is 14.1. The second-order valence-electron chi connectivity index (χ2n) is 20.6. The third-order valence-electron chi connectivity index (χ3n) is 13.8. The number of phenolic OH excluding ortho intramolecular Hbond substituents is 1. The van der Waals surface area contributed by atoms with Crippen LogP contribution in [-0.2, 0) is 32.1 Å². The number of aromatic nitrogens is 3. The number of anilines is 1. The molecule has 5 aromatic rings. The van der Waals surface area contributed by atoms with Gasteiger partial charge in [0.25, 0.3) is 0 Å². The molecule has 16 nitrogen and oxygen atoms in total. The fourth-order valence-corrected chi connectivity index (χ4v) is 10.4. The number of aliphatic hydroxyl groups excluding tert-OH is 1. The summed E-state index contributed by atoms with van der Waals surface area (Å²) in [5, 5.41) is 35.1. The highest BCUT2D eigenvalue weighted by atomic mass is 32.1. The summed E-state index contributed by atoms with van der Waals surface area (Å²) in [6, 6.07) is 23.0. The molecule has 4 heterocycles. The zero-order valence-electron chi connectivity index (χ0n) is 43.0. The number of aromatic hydroxyl groups is 1. The number of carbonyl (C=O) groups excluding carboxylic acids is 4. The van der Waals surface area contributed by atoms with E-state index in [1.54, 1.807) is 35.6 Å². The number of thiazole rings is 1. The number of ether oxygens (including phenoxy) is 1. The maximum Gasteiger partial charge on any atom is 0.246 e. The molecule has 0 spiro atoms. The van der Waals surface area contributed by atoms with Gasteiger partial charge in [0.1, 0.15) is 23.5 Å². The van der Waals surface area contributed by atoms with E-state index < -0.39 is 23.6 Å². The molecule has 2 fully saturated rings. The first-order chi connectivity index (χ1) is 35.0. The molecule has 6 N–H and O–H groups in total. The molecule has 0 aliphatic carbocycles. The lowest BCUT2D eigenvalue weighted by atomic mass is 9.85. The number of benzene rings is 3. The van der Waals surface area contributed by atoms with Crippen LogP contribution < -0.4 is 21.1 Å². The third-order valence-corrected chi connectivity index (χ3v) is 14.8. The van der Waals surface area contributed by atoms with Crippen LogP contribution in [-0.4, -0.2) is 121 Å². The van der Waals surface area contributed by atoms with Crippen LogP contribution in [0.2, 0.25) is 0 Å². The number of nitrogens with zero attached hydrogens (tertiary/aromatic N) is 6. The molecule has 2 saturated heterocycles. The molecule has 17 heteroatoms. The molecule has 4 atom stereocenters. The first-order valence-corrected chi connectivity index (χ1v) is 26.6. The van der Waals surface area contributed by atoms with E-state index in [1.165, 1.54) is 10.5 Å². The molecule has 0 saturated carbocycles. The van der Waals surface area contributed by atoms with Gasteiger partial charge in [0.2, 0.25) is 23.6 Å². The summed E-state index contributed by atoms with van der Waals surface area (Å²) in [6.07, 6.45) is 6.00. The number of carbonyl (C=O) groups is 4. The molecule has 2 aliphatic rings. The first kappa shape index (κ1) is 54.3. The van der Waals surface area contributed by atoms with Gasteiger partial charge >= 0.3 is 0 Å². The number of nitrogens with two attached hydrogens (primary N) is 1. The van der Waals surface area contributed by atoms with Gasteiger partial charge in [-0.1, -0.05) is 107 Å². The maximum absolute atomic E-state index is 14.1. The van der Waals surface area contributed by atoms with Crippen LogP contribution in [0.3, 0.4) is 0 Å². The predicted molar refractivity (Wildman–Crippen MR) is 284 cm³/mol. The van der Waals surface area contributed by atoms with Crippen LogP contribution in [0, 0.1) is 12.3 Å². The van der Waals surface area contributed by atoms with Crippen molar-refractivity contribution >= 4 is 40.8 Å². The standard InChI is InChI=1S/C56H73N9O7S/c1-37(41-21-23-42(24-22-41)51-38(2)58-36-73-51)59-54(70)46-32-43(66)35-65(46)55(71)52(56(3,4)5)60-49(68)19-10-8-6-7-9-11-20-50(69)64-28-26-63(27-29-64)34-40-16-14-15-39(31-40)25-30-72-48-33-45(61-62-53(48)57)44-17-12-13-18-47(44)67/h12-18,21-24,31,33,36-37,43,46,52,66-67H,6-11,19-20,25-30,32,34-35H2,1-5H3,(H2,57,62)(H,59,70)(H,60,68)/t37?,43-,46+,52?/m1/s1. The highest BCUT2D eigenvalue weighted by molar-refractivity contribution is 7.13. The Morgan fingerprint density at radius 2 is 1.56 bits per heavy atom. The Morgan fingerprint density at radius 3 is 2.26 bits per heavy atom. The second kappa shape index (κ2) is 25.5. The van der Waals surface area contributed by atoms with Gasteiger partial charge in [0.05, 0.1) is 34.8 Å². The topological polar surface area (TPSA) is 216 Å². The number of likely N-dealkylation sites (tertiary alicyclic amines) is 1. The number of hydrogen-bond donors (Lipinski definition) is 5. The Bertz CT molecular complexity index is 2650. The van der Waals surface area contributed by atoms with Crippen LogP contribution in [0.15, 0.2) is 84.4 Å². The number of β-amino-alcohol motifs (C(OH)–C–C–N with tert-alkyl or cyclic N) is 1. The van der Waals surface area contributed by atoms with E-state index in [0.717, 1.165) is 79.0 Å². The molecule has 2 unspecified atom stereocenters. The molecule has 3 aromatic carbocycles. The molecule has 0 radical (unpaired) electrons. The molecular weight excluding hydrogens is 943 g/mol.